The van der Waals surface area contributed by atoms with Gasteiger partial charge in [-0.25, -0.2) is 0 Å². The van der Waals surface area contributed by atoms with E-state index in [-0.39, 0.29) is 5.92 Å². The molecule has 2 nitrogen and oxygen atoms in total. The van der Waals surface area contributed by atoms with Crippen molar-refractivity contribution in [2.45, 2.75) is 18.9 Å². The summed E-state index contributed by atoms with van der Waals surface area (Å²) >= 11 is 7.31. The van der Waals surface area contributed by atoms with Crippen LogP contribution in [-0.4, -0.2) is 11.7 Å². The van der Waals surface area contributed by atoms with Crippen LogP contribution in [0.2, 0.25) is 4.34 Å². The van der Waals surface area contributed by atoms with Crippen molar-refractivity contribution >= 4 is 22.9 Å². The van der Waals surface area contributed by atoms with Crippen molar-refractivity contribution in [1.29, 1.82) is 0 Å². The zero-order chi connectivity index (χ0) is 13.1. The number of hydrogen-bond donors (Lipinski definition) is 2. The fourth-order valence-corrected chi connectivity index (χ4v) is 3.23. The molecular formula is C14H16ClNOS. The summed E-state index contributed by atoms with van der Waals surface area (Å²) in [6.45, 7) is 2.44. The van der Waals surface area contributed by atoms with Crippen LogP contribution in [0.4, 0.5) is 0 Å². The van der Waals surface area contributed by atoms with Crippen LogP contribution in [0.1, 0.15) is 28.0 Å². The van der Waals surface area contributed by atoms with Crippen molar-refractivity contribution in [2.24, 2.45) is 5.73 Å². The van der Waals surface area contributed by atoms with Gasteiger partial charge >= 0.3 is 0 Å². The summed E-state index contributed by atoms with van der Waals surface area (Å²) < 4.78 is 0.685. The molecule has 1 aromatic carbocycles. The Hall–Kier alpha value is -0.870. The molecule has 0 saturated heterocycles. The second-order valence-corrected chi connectivity index (χ2v) is 6.03. The monoisotopic (exact) mass is 281 g/mol. The normalized spacial score (nSPS) is 14.4. The number of benzene rings is 1. The van der Waals surface area contributed by atoms with Gasteiger partial charge < -0.3 is 10.8 Å². The summed E-state index contributed by atoms with van der Waals surface area (Å²) in [5, 5.41) is 10.4. The third-order valence-corrected chi connectivity index (χ3v) is 4.41. The molecule has 4 heteroatoms. The lowest BCUT2D eigenvalue weighted by molar-refractivity contribution is 0.151. The highest BCUT2D eigenvalue weighted by Gasteiger charge is 2.23. The highest BCUT2D eigenvalue weighted by Crippen LogP contribution is 2.36. The van der Waals surface area contributed by atoms with Gasteiger partial charge in [0.1, 0.15) is 0 Å². The van der Waals surface area contributed by atoms with E-state index >= 15 is 0 Å². The molecule has 3 N–H and O–H groups in total. The summed E-state index contributed by atoms with van der Waals surface area (Å²) in [4.78, 5) is 0.860. The second kappa shape index (κ2) is 5.85. The minimum atomic E-state index is -0.603. The molecule has 0 bridgehead atoms. The van der Waals surface area contributed by atoms with Crippen LogP contribution in [0.5, 0.6) is 0 Å². The molecule has 0 aliphatic heterocycles. The molecule has 2 atom stereocenters. The summed E-state index contributed by atoms with van der Waals surface area (Å²) in [6.07, 6.45) is -0.603. The topological polar surface area (TPSA) is 46.2 Å². The molecule has 0 radical (unpaired) electrons. The maximum absolute atomic E-state index is 10.4. The van der Waals surface area contributed by atoms with Gasteiger partial charge in [0.15, 0.2) is 0 Å². The molecule has 0 spiro atoms. The quantitative estimate of drug-likeness (QED) is 0.901. The Kier molecular flexibility index (Phi) is 4.40. The number of aryl methyl sites for hydroxylation is 1. The zero-order valence-electron chi connectivity index (χ0n) is 10.1. The van der Waals surface area contributed by atoms with Gasteiger partial charge in [0.25, 0.3) is 0 Å². The van der Waals surface area contributed by atoms with Crippen LogP contribution in [-0.2, 0) is 0 Å². The first kappa shape index (κ1) is 13.6. The molecule has 1 aromatic heterocycles. The molecule has 96 valence electrons. The number of nitrogens with two attached hydrogens (primary N) is 1. The van der Waals surface area contributed by atoms with E-state index in [1.165, 1.54) is 11.3 Å². The number of halogens is 1. The lowest BCUT2D eigenvalue weighted by Crippen LogP contribution is -2.20. The predicted octanol–water partition coefficient (Wildman–Crippen LogP) is 3.49. The smallest absolute Gasteiger partial charge is 0.0962 e. The Balaban J connectivity index is 2.32. The van der Waals surface area contributed by atoms with Crippen LogP contribution < -0.4 is 5.73 Å². The fraction of sp³-hybridized carbons (Fsp3) is 0.286. The second-order valence-electron chi connectivity index (χ2n) is 4.29. The number of hydrogen-bond acceptors (Lipinski definition) is 3. The Labute approximate surface area is 116 Å². The summed E-state index contributed by atoms with van der Waals surface area (Å²) in [6, 6.07) is 11.7. The lowest BCUT2D eigenvalue weighted by atomic mass is 9.89. The van der Waals surface area contributed by atoms with Crippen molar-refractivity contribution in [3.8, 4) is 0 Å². The van der Waals surface area contributed by atoms with E-state index < -0.39 is 6.10 Å². The summed E-state index contributed by atoms with van der Waals surface area (Å²) in [5.74, 6) is -0.0964. The van der Waals surface area contributed by atoms with Crippen molar-refractivity contribution in [3.05, 3.63) is 56.7 Å². The summed E-state index contributed by atoms with van der Waals surface area (Å²) in [5.41, 5.74) is 8.07. The van der Waals surface area contributed by atoms with Gasteiger partial charge in [0, 0.05) is 17.3 Å². The van der Waals surface area contributed by atoms with E-state index in [9.17, 15) is 5.11 Å². The highest BCUT2D eigenvalue weighted by molar-refractivity contribution is 7.16. The van der Waals surface area contributed by atoms with Gasteiger partial charge in [-0.15, -0.1) is 11.3 Å². The zero-order valence-corrected chi connectivity index (χ0v) is 11.7. The molecule has 2 rings (SSSR count). The van der Waals surface area contributed by atoms with Crippen molar-refractivity contribution in [3.63, 3.8) is 0 Å². The molecule has 0 aliphatic rings. The maximum Gasteiger partial charge on any atom is 0.0962 e. The van der Waals surface area contributed by atoms with E-state index in [1.807, 2.05) is 37.3 Å². The average Bonchev–Trinajstić information content (AvgIpc) is 2.79. The van der Waals surface area contributed by atoms with Gasteiger partial charge in [0.2, 0.25) is 0 Å². The largest absolute Gasteiger partial charge is 0.387 e. The van der Waals surface area contributed by atoms with Crippen LogP contribution in [0.3, 0.4) is 0 Å². The number of thiophene rings is 1. The summed E-state index contributed by atoms with van der Waals surface area (Å²) in [7, 11) is 0. The fourth-order valence-electron chi connectivity index (χ4n) is 2.11. The SMILES string of the molecule is Cc1ccccc1C(CN)C(O)c1ccc(Cl)s1. The predicted molar refractivity (Wildman–Crippen MR) is 77.3 cm³/mol. The van der Waals surface area contributed by atoms with E-state index in [0.29, 0.717) is 10.9 Å². The number of aliphatic hydroxyl groups is 1. The maximum atomic E-state index is 10.4. The first-order chi connectivity index (χ1) is 8.63. The van der Waals surface area contributed by atoms with E-state index in [1.54, 1.807) is 6.07 Å². The third-order valence-electron chi connectivity index (χ3n) is 3.11. The molecular weight excluding hydrogens is 266 g/mol. The molecule has 0 fully saturated rings. The van der Waals surface area contributed by atoms with Gasteiger partial charge in [-0.3, -0.25) is 0 Å². The minimum absolute atomic E-state index is 0.0964. The van der Waals surface area contributed by atoms with Gasteiger partial charge in [-0.1, -0.05) is 35.9 Å². The van der Waals surface area contributed by atoms with Crippen LogP contribution in [0.25, 0.3) is 0 Å². The average molecular weight is 282 g/mol. The minimum Gasteiger partial charge on any atom is -0.387 e. The standard InChI is InChI=1S/C14H16ClNOS/c1-9-4-2-3-5-10(9)11(8-16)14(17)12-6-7-13(15)18-12/h2-7,11,14,17H,8,16H2,1H3. The Morgan fingerprint density at radius 2 is 2.00 bits per heavy atom. The molecule has 0 amide bonds. The molecule has 0 aliphatic carbocycles. The van der Waals surface area contributed by atoms with Crippen molar-refractivity contribution in [2.75, 3.05) is 6.54 Å². The first-order valence-electron chi connectivity index (χ1n) is 5.82. The van der Waals surface area contributed by atoms with Crippen LogP contribution >= 0.6 is 22.9 Å². The van der Waals surface area contributed by atoms with Gasteiger partial charge in [0.05, 0.1) is 10.4 Å². The van der Waals surface area contributed by atoms with Crippen molar-refractivity contribution in [1.82, 2.24) is 0 Å². The van der Waals surface area contributed by atoms with Crippen LogP contribution in [0.15, 0.2) is 36.4 Å². The first-order valence-corrected chi connectivity index (χ1v) is 7.02. The molecule has 0 saturated carbocycles. The number of rotatable bonds is 4. The Morgan fingerprint density at radius 3 is 2.56 bits per heavy atom. The Bertz CT molecular complexity index is 526. The molecule has 2 aromatic rings. The number of aliphatic hydroxyl groups excluding tert-OH is 1. The molecule has 2 unspecified atom stereocenters. The highest BCUT2D eigenvalue weighted by atomic mass is 35.5. The van der Waals surface area contributed by atoms with E-state index in [2.05, 4.69) is 0 Å². The van der Waals surface area contributed by atoms with Crippen LogP contribution in [0, 0.1) is 6.92 Å². The molecule has 18 heavy (non-hydrogen) atoms. The lowest BCUT2D eigenvalue weighted by Gasteiger charge is -2.22. The van der Waals surface area contributed by atoms with E-state index in [0.717, 1.165) is 16.0 Å². The van der Waals surface area contributed by atoms with Crippen molar-refractivity contribution < 1.29 is 5.11 Å². The molecule has 1 heterocycles. The van der Waals surface area contributed by atoms with Gasteiger partial charge in [-0.05, 0) is 30.2 Å². The third kappa shape index (κ3) is 2.75. The van der Waals surface area contributed by atoms with E-state index in [4.69, 9.17) is 17.3 Å². The van der Waals surface area contributed by atoms with Gasteiger partial charge in [-0.2, -0.15) is 0 Å². The Morgan fingerprint density at radius 1 is 1.28 bits per heavy atom.